The van der Waals surface area contributed by atoms with Gasteiger partial charge in [0.05, 0.1) is 16.2 Å². The molecule has 8 nitrogen and oxygen atoms in total. The fourth-order valence-electron chi connectivity index (χ4n) is 3.98. The van der Waals surface area contributed by atoms with E-state index in [0.717, 1.165) is 18.4 Å². The number of thioether (sulfide) groups is 1. The fourth-order valence-corrected chi connectivity index (χ4v) is 4.84. The van der Waals surface area contributed by atoms with Gasteiger partial charge >= 0.3 is 0 Å². The van der Waals surface area contributed by atoms with Crippen molar-refractivity contribution in [1.29, 1.82) is 0 Å². The summed E-state index contributed by atoms with van der Waals surface area (Å²) in [4.78, 5) is 25.7. The van der Waals surface area contributed by atoms with E-state index in [4.69, 9.17) is 4.74 Å². The highest BCUT2D eigenvalue weighted by Gasteiger charge is 2.24. The van der Waals surface area contributed by atoms with Gasteiger partial charge in [0.25, 0.3) is 5.56 Å². The van der Waals surface area contributed by atoms with Crippen LogP contribution in [0.1, 0.15) is 39.0 Å². The molecule has 1 atom stereocenters. The van der Waals surface area contributed by atoms with Crippen LogP contribution in [-0.4, -0.2) is 50.1 Å². The molecule has 1 aromatic carbocycles. The number of carbonyl (C=O) groups is 1. The number of amides is 1. The van der Waals surface area contributed by atoms with E-state index in [0.29, 0.717) is 35.9 Å². The first kappa shape index (κ1) is 20.9. The monoisotopic (exact) mass is 429 g/mol. The molecule has 0 radical (unpaired) electrons. The third-order valence-electron chi connectivity index (χ3n) is 5.56. The van der Waals surface area contributed by atoms with Crippen LogP contribution >= 0.6 is 11.8 Å². The zero-order valence-corrected chi connectivity index (χ0v) is 18.2. The number of carbonyl (C=O) groups excluding carboxylic acids is 1. The van der Waals surface area contributed by atoms with Crippen molar-refractivity contribution in [2.24, 2.45) is 0 Å². The Bertz CT molecular complexity index is 1100. The molecule has 1 amide bonds. The highest BCUT2D eigenvalue weighted by molar-refractivity contribution is 8.00. The molecule has 0 aliphatic heterocycles. The van der Waals surface area contributed by atoms with E-state index in [2.05, 4.69) is 15.5 Å². The topological polar surface area (TPSA) is 90.5 Å². The van der Waals surface area contributed by atoms with E-state index in [1.54, 1.807) is 11.7 Å². The van der Waals surface area contributed by atoms with Crippen molar-refractivity contribution in [3.05, 3.63) is 34.6 Å². The molecular weight excluding hydrogens is 402 g/mol. The molecule has 160 valence electrons. The Morgan fingerprint density at radius 3 is 2.83 bits per heavy atom. The Morgan fingerprint density at radius 1 is 1.30 bits per heavy atom. The minimum atomic E-state index is -0.314. The van der Waals surface area contributed by atoms with Gasteiger partial charge in [-0.1, -0.05) is 36.7 Å². The number of para-hydroxylation sites is 1. The predicted octanol–water partition coefficient (Wildman–Crippen LogP) is 2.62. The SMILES string of the molecule is COCCCn1c(=O)c2ccccc2n2c(SC(C)C(=O)NC3CCCC3)nnc12. The van der Waals surface area contributed by atoms with Crippen molar-refractivity contribution in [1.82, 2.24) is 24.5 Å². The average Bonchev–Trinajstić information content (AvgIpc) is 3.41. The first-order valence-corrected chi connectivity index (χ1v) is 11.3. The zero-order chi connectivity index (χ0) is 21.1. The minimum absolute atomic E-state index is 0.0152. The number of rotatable bonds is 8. The summed E-state index contributed by atoms with van der Waals surface area (Å²) >= 11 is 1.37. The molecule has 0 spiro atoms. The zero-order valence-electron chi connectivity index (χ0n) is 17.3. The number of nitrogens with one attached hydrogen (secondary N) is 1. The summed E-state index contributed by atoms with van der Waals surface area (Å²) in [7, 11) is 1.64. The van der Waals surface area contributed by atoms with Crippen LogP contribution in [-0.2, 0) is 16.1 Å². The van der Waals surface area contributed by atoms with Crippen molar-refractivity contribution >= 4 is 34.3 Å². The van der Waals surface area contributed by atoms with Gasteiger partial charge in [-0.05, 0) is 38.3 Å². The Hall–Kier alpha value is -2.39. The molecule has 2 heterocycles. The normalized spacial score (nSPS) is 15.8. The summed E-state index contributed by atoms with van der Waals surface area (Å²) in [6.07, 6.45) is 5.15. The summed E-state index contributed by atoms with van der Waals surface area (Å²) in [5.74, 6) is 0.502. The van der Waals surface area contributed by atoms with Crippen LogP contribution < -0.4 is 10.9 Å². The van der Waals surface area contributed by atoms with E-state index in [1.807, 2.05) is 35.6 Å². The summed E-state index contributed by atoms with van der Waals surface area (Å²) in [5.41, 5.74) is 0.654. The van der Waals surface area contributed by atoms with Crippen LogP contribution in [0.25, 0.3) is 16.7 Å². The quantitative estimate of drug-likeness (QED) is 0.437. The molecule has 0 bridgehead atoms. The Morgan fingerprint density at radius 2 is 2.07 bits per heavy atom. The Labute approximate surface area is 179 Å². The summed E-state index contributed by atoms with van der Waals surface area (Å²) in [6, 6.07) is 7.72. The van der Waals surface area contributed by atoms with Gasteiger partial charge in [0, 0.05) is 26.3 Å². The van der Waals surface area contributed by atoms with Gasteiger partial charge in [-0.2, -0.15) is 0 Å². The molecule has 30 heavy (non-hydrogen) atoms. The second-order valence-electron chi connectivity index (χ2n) is 7.69. The van der Waals surface area contributed by atoms with Gasteiger partial charge in [0.1, 0.15) is 0 Å². The van der Waals surface area contributed by atoms with E-state index < -0.39 is 0 Å². The summed E-state index contributed by atoms with van der Waals surface area (Å²) in [6.45, 7) is 2.92. The molecule has 9 heteroatoms. The van der Waals surface area contributed by atoms with E-state index >= 15 is 0 Å². The number of fused-ring (bicyclic) bond motifs is 3. The van der Waals surface area contributed by atoms with Crippen molar-refractivity contribution in [2.75, 3.05) is 13.7 Å². The average molecular weight is 430 g/mol. The lowest BCUT2D eigenvalue weighted by molar-refractivity contribution is -0.120. The molecule has 1 saturated carbocycles. The summed E-state index contributed by atoms with van der Waals surface area (Å²) in [5, 5.41) is 12.7. The van der Waals surface area contributed by atoms with Crippen LogP contribution in [0, 0.1) is 0 Å². The van der Waals surface area contributed by atoms with Crippen molar-refractivity contribution in [3.8, 4) is 0 Å². The van der Waals surface area contributed by atoms with Gasteiger partial charge in [-0.15, -0.1) is 10.2 Å². The number of methoxy groups -OCH3 is 1. The van der Waals surface area contributed by atoms with Crippen LogP contribution in [0.3, 0.4) is 0 Å². The number of aryl methyl sites for hydroxylation is 1. The molecule has 0 saturated heterocycles. The standard InChI is InChI=1S/C21H27N5O3S/c1-14(18(27)22-15-8-3-4-9-15)30-21-24-23-20-25(12-7-13-29-2)19(28)16-10-5-6-11-17(16)26(20)21/h5-6,10-11,14-15H,3-4,7-9,12-13H2,1-2H3,(H,22,27). The molecule has 1 aliphatic carbocycles. The molecule has 2 aromatic heterocycles. The van der Waals surface area contributed by atoms with Crippen LogP contribution in [0.5, 0.6) is 0 Å². The maximum absolute atomic E-state index is 13.0. The number of hydrogen-bond acceptors (Lipinski definition) is 6. The minimum Gasteiger partial charge on any atom is -0.385 e. The molecule has 1 fully saturated rings. The van der Waals surface area contributed by atoms with Crippen molar-refractivity contribution in [2.45, 2.75) is 62.0 Å². The van der Waals surface area contributed by atoms with Gasteiger partial charge in [-0.25, -0.2) is 0 Å². The van der Waals surface area contributed by atoms with Gasteiger partial charge in [-0.3, -0.25) is 18.6 Å². The predicted molar refractivity (Wildman–Crippen MR) is 117 cm³/mol. The third kappa shape index (κ3) is 4.09. The van der Waals surface area contributed by atoms with E-state index in [1.165, 1.54) is 24.6 Å². The number of benzene rings is 1. The number of aromatic nitrogens is 4. The Kier molecular flexibility index (Phi) is 6.38. The first-order chi connectivity index (χ1) is 14.6. The molecule has 1 aliphatic rings. The molecule has 3 aromatic rings. The number of nitrogens with zero attached hydrogens (tertiary/aromatic N) is 4. The van der Waals surface area contributed by atoms with E-state index in [9.17, 15) is 9.59 Å². The van der Waals surface area contributed by atoms with Crippen LogP contribution in [0.15, 0.2) is 34.2 Å². The highest BCUT2D eigenvalue weighted by atomic mass is 32.2. The van der Waals surface area contributed by atoms with Gasteiger partial charge < -0.3 is 10.1 Å². The lowest BCUT2D eigenvalue weighted by atomic mass is 10.2. The summed E-state index contributed by atoms with van der Waals surface area (Å²) < 4.78 is 8.66. The second-order valence-corrected chi connectivity index (χ2v) is 9.00. The lowest BCUT2D eigenvalue weighted by Crippen LogP contribution is -2.37. The van der Waals surface area contributed by atoms with Gasteiger partial charge in [0.2, 0.25) is 11.7 Å². The highest BCUT2D eigenvalue weighted by Crippen LogP contribution is 2.26. The first-order valence-electron chi connectivity index (χ1n) is 10.4. The molecule has 4 rings (SSSR count). The fraction of sp³-hybridized carbons (Fsp3) is 0.524. The number of ether oxygens (including phenoxy) is 1. The van der Waals surface area contributed by atoms with Gasteiger partial charge in [0.15, 0.2) is 5.16 Å². The van der Waals surface area contributed by atoms with Crippen molar-refractivity contribution < 1.29 is 9.53 Å². The third-order valence-corrected chi connectivity index (χ3v) is 6.60. The molecular formula is C21H27N5O3S. The second kappa shape index (κ2) is 9.18. The molecule has 1 unspecified atom stereocenters. The largest absolute Gasteiger partial charge is 0.385 e. The lowest BCUT2D eigenvalue weighted by Gasteiger charge is -2.16. The maximum Gasteiger partial charge on any atom is 0.262 e. The smallest absolute Gasteiger partial charge is 0.262 e. The van der Waals surface area contributed by atoms with Crippen molar-refractivity contribution in [3.63, 3.8) is 0 Å². The number of hydrogen-bond donors (Lipinski definition) is 1. The van der Waals surface area contributed by atoms with Crippen LogP contribution in [0.2, 0.25) is 0 Å². The maximum atomic E-state index is 13.0. The Balaban J connectivity index is 1.68. The molecule has 1 N–H and O–H groups in total. The van der Waals surface area contributed by atoms with Crippen LogP contribution in [0.4, 0.5) is 0 Å². The van der Waals surface area contributed by atoms with E-state index in [-0.39, 0.29) is 22.8 Å².